The lowest BCUT2D eigenvalue weighted by molar-refractivity contribution is 0.102. The van der Waals surface area contributed by atoms with Gasteiger partial charge in [0.25, 0.3) is 5.91 Å². The van der Waals surface area contributed by atoms with Gasteiger partial charge in [-0.15, -0.1) is 0 Å². The summed E-state index contributed by atoms with van der Waals surface area (Å²) < 4.78 is 4.93. The van der Waals surface area contributed by atoms with Crippen LogP contribution in [0.5, 0.6) is 5.75 Å². The fourth-order valence-corrected chi connectivity index (χ4v) is 1.74. The van der Waals surface area contributed by atoms with Crippen molar-refractivity contribution in [3.8, 4) is 5.75 Å². The highest BCUT2D eigenvalue weighted by atomic mass is 16.5. The van der Waals surface area contributed by atoms with Crippen LogP contribution < -0.4 is 5.32 Å². The van der Waals surface area contributed by atoms with Crippen molar-refractivity contribution in [2.75, 3.05) is 5.32 Å². The van der Waals surface area contributed by atoms with Crippen molar-refractivity contribution in [3.63, 3.8) is 0 Å². The van der Waals surface area contributed by atoms with E-state index in [1.54, 1.807) is 26.0 Å². The maximum Gasteiger partial charge on any atom is 0.261 e. The van der Waals surface area contributed by atoms with Gasteiger partial charge < -0.3 is 14.9 Å². The monoisotopic (exact) mass is 246 g/mol. The molecule has 0 aliphatic carbocycles. The quantitative estimate of drug-likeness (QED) is 0.798. The number of aromatic hydroxyl groups is 1. The van der Waals surface area contributed by atoms with Gasteiger partial charge in [-0.25, -0.2) is 0 Å². The van der Waals surface area contributed by atoms with Gasteiger partial charge in [-0.2, -0.15) is 0 Å². The molecule has 0 spiro atoms. The first-order chi connectivity index (χ1) is 8.49. The van der Waals surface area contributed by atoms with E-state index in [9.17, 15) is 9.90 Å². The smallest absolute Gasteiger partial charge is 0.261 e. The largest absolute Gasteiger partial charge is 0.506 e. The van der Waals surface area contributed by atoms with Gasteiger partial charge in [-0.1, -0.05) is 11.2 Å². The molecule has 5 heteroatoms. The molecule has 1 aromatic heterocycles. The fourth-order valence-electron chi connectivity index (χ4n) is 1.74. The van der Waals surface area contributed by atoms with Crippen molar-refractivity contribution in [1.29, 1.82) is 0 Å². The first-order valence-corrected chi connectivity index (χ1v) is 5.53. The third-order valence-electron chi connectivity index (χ3n) is 2.66. The van der Waals surface area contributed by atoms with E-state index in [0.717, 1.165) is 5.56 Å². The van der Waals surface area contributed by atoms with Crippen molar-refractivity contribution in [2.24, 2.45) is 0 Å². The molecular weight excluding hydrogens is 232 g/mol. The van der Waals surface area contributed by atoms with Crippen molar-refractivity contribution in [2.45, 2.75) is 20.8 Å². The Hall–Kier alpha value is -2.30. The van der Waals surface area contributed by atoms with Gasteiger partial charge >= 0.3 is 0 Å². The number of aryl methyl sites for hydroxylation is 3. The number of aromatic nitrogens is 1. The Labute approximate surface area is 104 Å². The van der Waals surface area contributed by atoms with Gasteiger partial charge in [-0.3, -0.25) is 4.79 Å². The number of benzene rings is 1. The number of anilines is 1. The number of amides is 1. The third-order valence-corrected chi connectivity index (χ3v) is 2.66. The van der Waals surface area contributed by atoms with E-state index in [1.807, 2.05) is 6.92 Å². The first-order valence-electron chi connectivity index (χ1n) is 5.53. The number of carbonyl (C=O) groups is 1. The highest BCUT2D eigenvalue weighted by molar-refractivity contribution is 6.06. The van der Waals surface area contributed by atoms with E-state index < -0.39 is 0 Å². The van der Waals surface area contributed by atoms with Gasteiger partial charge in [0.15, 0.2) is 0 Å². The zero-order valence-corrected chi connectivity index (χ0v) is 10.4. The molecule has 0 bridgehead atoms. The van der Waals surface area contributed by atoms with Crippen molar-refractivity contribution in [3.05, 3.63) is 40.8 Å². The molecule has 2 N–H and O–H groups in total. The molecule has 0 saturated heterocycles. The van der Waals surface area contributed by atoms with Crippen LogP contribution in [0.4, 0.5) is 5.69 Å². The summed E-state index contributed by atoms with van der Waals surface area (Å²) in [6.07, 6.45) is 0. The summed E-state index contributed by atoms with van der Waals surface area (Å²) in [5, 5.41) is 16.0. The van der Waals surface area contributed by atoms with Crippen molar-refractivity contribution in [1.82, 2.24) is 5.16 Å². The van der Waals surface area contributed by atoms with E-state index in [1.165, 1.54) is 6.07 Å². The Bertz CT molecular complexity index is 583. The van der Waals surface area contributed by atoms with Gasteiger partial charge in [-0.05, 0) is 38.5 Å². The number of hydrogen-bond donors (Lipinski definition) is 2. The van der Waals surface area contributed by atoms with E-state index >= 15 is 0 Å². The van der Waals surface area contributed by atoms with Crippen molar-refractivity contribution < 1.29 is 14.4 Å². The van der Waals surface area contributed by atoms with E-state index in [4.69, 9.17) is 4.52 Å². The summed E-state index contributed by atoms with van der Waals surface area (Å²) in [6, 6.07) is 5.00. The molecule has 0 saturated carbocycles. The molecule has 5 nitrogen and oxygen atoms in total. The van der Waals surface area contributed by atoms with Crippen molar-refractivity contribution >= 4 is 11.6 Å². The van der Waals surface area contributed by atoms with Gasteiger partial charge in [0.05, 0.1) is 11.4 Å². The minimum atomic E-state index is -0.341. The van der Waals surface area contributed by atoms with Gasteiger partial charge in [0, 0.05) is 0 Å². The zero-order valence-electron chi connectivity index (χ0n) is 10.4. The molecule has 2 rings (SSSR count). The normalized spacial score (nSPS) is 10.4. The summed E-state index contributed by atoms with van der Waals surface area (Å²) in [4.78, 5) is 12.1. The maximum absolute atomic E-state index is 12.1. The van der Waals surface area contributed by atoms with Crippen LogP contribution in [0, 0.1) is 20.8 Å². The Kier molecular flexibility index (Phi) is 3.06. The Morgan fingerprint density at radius 3 is 2.67 bits per heavy atom. The maximum atomic E-state index is 12.1. The Balaban J connectivity index is 2.30. The van der Waals surface area contributed by atoms with Crippen LogP contribution in [-0.4, -0.2) is 16.2 Å². The minimum absolute atomic E-state index is 0.0284. The molecule has 0 atom stereocenters. The van der Waals surface area contributed by atoms with Crippen LogP contribution in [0.2, 0.25) is 0 Å². The number of rotatable bonds is 2. The second-order valence-electron chi connectivity index (χ2n) is 4.17. The average molecular weight is 246 g/mol. The molecule has 18 heavy (non-hydrogen) atoms. The number of carbonyl (C=O) groups excluding carboxylic acids is 1. The number of phenols is 1. The number of nitrogens with zero attached hydrogens (tertiary/aromatic N) is 1. The third kappa shape index (κ3) is 2.20. The zero-order chi connectivity index (χ0) is 13.3. The van der Waals surface area contributed by atoms with Crippen LogP contribution in [0.1, 0.15) is 27.4 Å². The Morgan fingerprint density at radius 2 is 2.06 bits per heavy atom. The number of hydrogen-bond acceptors (Lipinski definition) is 4. The number of nitrogens with one attached hydrogen (secondary N) is 1. The summed E-state index contributed by atoms with van der Waals surface area (Å²) in [5.74, 6) is 0.144. The summed E-state index contributed by atoms with van der Waals surface area (Å²) in [5.41, 5.74) is 2.25. The first kappa shape index (κ1) is 12.2. The van der Waals surface area contributed by atoms with E-state index in [2.05, 4.69) is 10.5 Å². The van der Waals surface area contributed by atoms with Crippen LogP contribution in [-0.2, 0) is 0 Å². The highest BCUT2D eigenvalue weighted by Crippen LogP contribution is 2.25. The standard InChI is InChI=1S/C13H14N2O3/c1-7-4-5-11(16)10(6-7)14-13(17)12-8(2)15-18-9(12)3/h4-6,16H,1-3H3,(H,14,17). The molecule has 94 valence electrons. The molecule has 0 radical (unpaired) electrons. The van der Waals surface area contributed by atoms with Crippen LogP contribution in [0.25, 0.3) is 0 Å². The lowest BCUT2D eigenvalue weighted by atomic mass is 10.1. The van der Waals surface area contributed by atoms with Gasteiger partial charge in [0.2, 0.25) is 0 Å². The summed E-state index contributed by atoms with van der Waals surface area (Å²) >= 11 is 0. The molecule has 1 amide bonds. The molecule has 2 aromatic rings. The Morgan fingerprint density at radius 1 is 1.33 bits per heavy atom. The number of phenolic OH excluding ortho intramolecular Hbond substituents is 1. The SMILES string of the molecule is Cc1ccc(O)c(NC(=O)c2c(C)noc2C)c1. The van der Waals surface area contributed by atoms with E-state index in [0.29, 0.717) is 22.7 Å². The molecule has 0 aliphatic rings. The second kappa shape index (κ2) is 4.52. The predicted molar refractivity (Wildman–Crippen MR) is 66.8 cm³/mol. The lowest BCUT2D eigenvalue weighted by Crippen LogP contribution is -2.13. The summed E-state index contributed by atoms with van der Waals surface area (Å²) in [6.45, 7) is 5.25. The second-order valence-corrected chi connectivity index (χ2v) is 4.17. The van der Waals surface area contributed by atoms with Crippen LogP contribution in [0.15, 0.2) is 22.7 Å². The van der Waals surface area contributed by atoms with Crippen LogP contribution in [0.3, 0.4) is 0 Å². The van der Waals surface area contributed by atoms with E-state index in [-0.39, 0.29) is 11.7 Å². The highest BCUT2D eigenvalue weighted by Gasteiger charge is 2.18. The lowest BCUT2D eigenvalue weighted by Gasteiger charge is -2.07. The fraction of sp³-hybridized carbons (Fsp3) is 0.231. The molecule has 1 heterocycles. The molecule has 1 aromatic carbocycles. The molecule has 0 aliphatic heterocycles. The molecule has 0 fully saturated rings. The summed E-state index contributed by atoms with van der Waals surface area (Å²) in [7, 11) is 0. The minimum Gasteiger partial charge on any atom is -0.506 e. The average Bonchev–Trinajstić information content (AvgIpc) is 2.63. The predicted octanol–water partition coefficient (Wildman–Crippen LogP) is 2.56. The van der Waals surface area contributed by atoms with Crippen LogP contribution >= 0.6 is 0 Å². The molecule has 0 unspecified atom stereocenters. The molecular formula is C13H14N2O3. The topological polar surface area (TPSA) is 75.4 Å². The van der Waals surface area contributed by atoms with Gasteiger partial charge in [0.1, 0.15) is 17.1 Å².